The summed E-state index contributed by atoms with van der Waals surface area (Å²) in [5.74, 6) is -1.54. The highest BCUT2D eigenvalue weighted by molar-refractivity contribution is 5.75. The lowest BCUT2D eigenvalue weighted by molar-refractivity contribution is -0.186. The van der Waals surface area contributed by atoms with Crippen molar-refractivity contribution in [3.05, 3.63) is 0 Å². The minimum atomic E-state index is -1.33. The second-order valence-corrected chi connectivity index (χ2v) is 4.15. The number of esters is 1. The number of methoxy groups -OCH3 is 1. The maximum absolute atomic E-state index is 11.5. The molecule has 1 N–H and O–H groups in total. The number of aliphatic carboxylic acids is 1. The second-order valence-electron chi connectivity index (χ2n) is 4.15. The predicted octanol–water partition coefficient (Wildman–Crippen LogP) is 1.04. The fourth-order valence-electron chi connectivity index (χ4n) is 0.869. The normalized spacial score (nSPS) is 13.2. The first kappa shape index (κ1) is 15.9. The van der Waals surface area contributed by atoms with Crippen molar-refractivity contribution in [1.82, 2.24) is 0 Å². The largest absolute Gasteiger partial charge is 0.477 e. The van der Waals surface area contributed by atoms with Gasteiger partial charge in [0.05, 0.1) is 12.0 Å². The van der Waals surface area contributed by atoms with E-state index in [0.29, 0.717) is 6.42 Å². The molecule has 0 radical (unpaired) electrons. The van der Waals surface area contributed by atoms with Crippen molar-refractivity contribution in [2.45, 2.75) is 33.5 Å². The first-order valence-electron chi connectivity index (χ1n) is 5.39. The molecule has 0 aliphatic rings. The summed E-state index contributed by atoms with van der Waals surface area (Å²) in [5.41, 5.74) is -0.534. The maximum atomic E-state index is 11.5. The number of hydrogen-bond donors (Lipinski definition) is 1. The Labute approximate surface area is 101 Å². The number of ether oxygens (including phenoxy) is 3. The van der Waals surface area contributed by atoms with Crippen molar-refractivity contribution >= 4 is 11.9 Å². The fourth-order valence-corrected chi connectivity index (χ4v) is 0.869. The average molecular weight is 248 g/mol. The number of hydrogen-bond acceptors (Lipinski definition) is 5. The number of carbonyl (C=O) groups excluding carboxylic acids is 1. The molecule has 0 heterocycles. The third-order valence-electron chi connectivity index (χ3n) is 2.44. The van der Waals surface area contributed by atoms with Gasteiger partial charge in [0.25, 0.3) is 6.29 Å². The van der Waals surface area contributed by atoms with Gasteiger partial charge in [-0.25, -0.2) is 4.79 Å². The molecule has 0 spiro atoms. The first-order chi connectivity index (χ1) is 7.85. The monoisotopic (exact) mass is 248 g/mol. The molecule has 6 heteroatoms. The number of carboxylic acid groups (broad SMARTS) is 1. The molecule has 17 heavy (non-hydrogen) atoms. The lowest BCUT2D eigenvalue weighted by Gasteiger charge is -2.20. The summed E-state index contributed by atoms with van der Waals surface area (Å²) in [6, 6.07) is 0. The van der Waals surface area contributed by atoms with Crippen molar-refractivity contribution < 1.29 is 28.9 Å². The molecule has 0 amide bonds. The van der Waals surface area contributed by atoms with Gasteiger partial charge in [0.2, 0.25) is 0 Å². The van der Waals surface area contributed by atoms with Crippen LogP contribution in [0.15, 0.2) is 0 Å². The van der Waals surface area contributed by atoms with Gasteiger partial charge in [-0.15, -0.1) is 0 Å². The zero-order valence-electron chi connectivity index (χ0n) is 10.7. The number of rotatable bonds is 8. The van der Waals surface area contributed by atoms with Crippen LogP contribution in [-0.2, 0) is 23.8 Å². The molecular weight excluding hydrogens is 228 g/mol. The second kappa shape index (κ2) is 7.24. The van der Waals surface area contributed by atoms with Crippen LogP contribution in [0.3, 0.4) is 0 Å². The molecule has 0 bridgehead atoms. The van der Waals surface area contributed by atoms with E-state index in [2.05, 4.69) is 4.74 Å². The van der Waals surface area contributed by atoms with Crippen LogP contribution in [0.2, 0.25) is 0 Å². The molecule has 1 atom stereocenters. The van der Waals surface area contributed by atoms with Crippen LogP contribution in [0.1, 0.15) is 27.2 Å². The van der Waals surface area contributed by atoms with Gasteiger partial charge in [-0.1, -0.05) is 6.92 Å². The quantitative estimate of drug-likeness (QED) is 0.392. The topological polar surface area (TPSA) is 82.1 Å². The van der Waals surface area contributed by atoms with Crippen molar-refractivity contribution in [3.8, 4) is 0 Å². The Morgan fingerprint density at radius 1 is 1.29 bits per heavy atom. The Morgan fingerprint density at radius 2 is 1.88 bits per heavy atom. The highest BCUT2D eigenvalue weighted by Gasteiger charge is 2.27. The Balaban J connectivity index is 3.86. The molecule has 0 aliphatic heterocycles. The third kappa shape index (κ3) is 5.65. The Bertz CT molecular complexity index is 261. The van der Waals surface area contributed by atoms with E-state index in [1.165, 1.54) is 7.11 Å². The van der Waals surface area contributed by atoms with E-state index in [1.807, 2.05) is 6.92 Å². The van der Waals surface area contributed by atoms with Gasteiger partial charge in [0.15, 0.2) is 0 Å². The molecule has 0 rings (SSSR count). The summed E-state index contributed by atoms with van der Waals surface area (Å²) in [4.78, 5) is 22.0. The standard InChI is InChI=1S/C11H20O6/c1-5-11(2,3)10(14)17-7-6-16-9(15-4)8(12)13/h9H,5-7H2,1-4H3,(H,12,13). The summed E-state index contributed by atoms with van der Waals surface area (Å²) in [6.07, 6.45) is -0.657. The summed E-state index contributed by atoms with van der Waals surface area (Å²) in [7, 11) is 1.23. The number of carbonyl (C=O) groups is 2. The molecule has 0 aromatic heterocycles. The predicted molar refractivity (Wildman–Crippen MR) is 59.4 cm³/mol. The van der Waals surface area contributed by atoms with E-state index >= 15 is 0 Å². The minimum absolute atomic E-state index is 0.00933. The summed E-state index contributed by atoms with van der Waals surface area (Å²) in [5, 5.41) is 8.59. The van der Waals surface area contributed by atoms with Gasteiger partial charge in [-0.2, -0.15) is 0 Å². The molecule has 0 saturated heterocycles. The van der Waals surface area contributed by atoms with Crippen LogP contribution in [0, 0.1) is 5.41 Å². The third-order valence-corrected chi connectivity index (χ3v) is 2.44. The molecule has 0 saturated carbocycles. The minimum Gasteiger partial charge on any atom is -0.477 e. The lowest BCUT2D eigenvalue weighted by atomic mass is 9.91. The van der Waals surface area contributed by atoms with Crippen LogP contribution < -0.4 is 0 Å². The Hall–Kier alpha value is -1.14. The Kier molecular flexibility index (Phi) is 6.75. The smallest absolute Gasteiger partial charge is 0.361 e. The molecule has 0 aliphatic carbocycles. The molecule has 0 aromatic carbocycles. The summed E-state index contributed by atoms with van der Waals surface area (Å²) < 4.78 is 14.4. The van der Waals surface area contributed by atoms with Crippen molar-refractivity contribution in [2.75, 3.05) is 20.3 Å². The molecule has 1 unspecified atom stereocenters. The van der Waals surface area contributed by atoms with E-state index in [-0.39, 0.29) is 19.2 Å². The van der Waals surface area contributed by atoms with Crippen molar-refractivity contribution in [2.24, 2.45) is 5.41 Å². The Morgan fingerprint density at radius 3 is 2.29 bits per heavy atom. The summed E-state index contributed by atoms with van der Waals surface area (Å²) >= 11 is 0. The molecule has 100 valence electrons. The lowest BCUT2D eigenvalue weighted by Crippen LogP contribution is -2.30. The molecule has 6 nitrogen and oxygen atoms in total. The first-order valence-corrected chi connectivity index (χ1v) is 5.39. The van der Waals surface area contributed by atoms with E-state index in [1.54, 1.807) is 13.8 Å². The van der Waals surface area contributed by atoms with Crippen molar-refractivity contribution in [3.63, 3.8) is 0 Å². The highest BCUT2D eigenvalue weighted by Crippen LogP contribution is 2.21. The van der Waals surface area contributed by atoms with Gasteiger partial charge in [-0.3, -0.25) is 4.79 Å². The van der Waals surface area contributed by atoms with Gasteiger partial charge in [0.1, 0.15) is 6.61 Å². The van der Waals surface area contributed by atoms with Crippen LogP contribution in [0.5, 0.6) is 0 Å². The van der Waals surface area contributed by atoms with Crippen LogP contribution >= 0.6 is 0 Å². The van der Waals surface area contributed by atoms with E-state index in [9.17, 15) is 9.59 Å². The average Bonchev–Trinajstić information content (AvgIpc) is 2.28. The van der Waals surface area contributed by atoms with Crippen LogP contribution in [0.4, 0.5) is 0 Å². The zero-order valence-corrected chi connectivity index (χ0v) is 10.7. The van der Waals surface area contributed by atoms with E-state index < -0.39 is 17.7 Å². The van der Waals surface area contributed by atoms with Crippen molar-refractivity contribution in [1.29, 1.82) is 0 Å². The highest BCUT2D eigenvalue weighted by atomic mass is 16.7. The molecule has 0 fully saturated rings. The molecular formula is C11H20O6. The van der Waals surface area contributed by atoms with Gasteiger partial charge in [-0.05, 0) is 20.3 Å². The number of carboxylic acids is 1. The van der Waals surface area contributed by atoms with E-state index in [0.717, 1.165) is 0 Å². The SMILES string of the molecule is CCC(C)(C)C(=O)OCCOC(OC)C(=O)O. The van der Waals surface area contributed by atoms with Gasteiger partial charge < -0.3 is 19.3 Å². The fraction of sp³-hybridized carbons (Fsp3) is 0.818. The van der Waals surface area contributed by atoms with Crippen LogP contribution in [-0.4, -0.2) is 43.7 Å². The van der Waals surface area contributed by atoms with E-state index in [4.69, 9.17) is 14.6 Å². The molecule has 0 aromatic rings. The van der Waals surface area contributed by atoms with Gasteiger partial charge >= 0.3 is 11.9 Å². The zero-order chi connectivity index (χ0) is 13.5. The summed E-state index contributed by atoms with van der Waals surface area (Å²) in [6.45, 7) is 5.45. The maximum Gasteiger partial charge on any atom is 0.361 e. The van der Waals surface area contributed by atoms with Crippen LogP contribution in [0.25, 0.3) is 0 Å². The van der Waals surface area contributed by atoms with Gasteiger partial charge in [0, 0.05) is 7.11 Å².